The highest BCUT2D eigenvalue weighted by atomic mass is 16.5. The van der Waals surface area contributed by atoms with Gasteiger partial charge < -0.3 is 26.8 Å². The van der Waals surface area contributed by atoms with Crippen LogP contribution >= 0.6 is 0 Å². The van der Waals surface area contributed by atoms with E-state index in [1.54, 1.807) is 0 Å². The van der Waals surface area contributed by atoms with Gasteiger partial charge in [0.1, 0.15) is 0 Å². The minimum Gasteiger partial charge on any atom is -0.379 e. The zero-order chi connectivity index (χ0) is 16.5. The van der Waals surface area contributed by atoms with Gasteiger partial charge in [-0.15, -0.1) is 0 Å². The summed E-state index contributed by atoms with van der Waals surface area (Å²) in [5.41, 5.74) is 11.2. The van der Waals surface area contributed by atoms with Crippen LogP contribution in [0.3, 0.4) is 0 Å². The largest absolute Gasteiger partial charge is 0.379 e. The Labute approximate surface area is 137 Å². The second-order valence-corrected chi connectivity index (χ2v) is 5.65. The van der Waals surface area contributed by atoms with Crippen molar-refractivity contribution in [3.8, 4) is 0 Å². The second-order valence-electron chi connectivity index (χ2n) is 5.65. The summed E-state index contributed by atoms with van der Waals surface area (Å²) in [5.74, 6) is 1.19. The van der Waals surface area contributed by atoms with E-state index in [1.807, 2.05) is 0 Å². The van der Waals surface area contributed by atoms with Gasteiger partial charge in [-0.1, -0.05) is 0 Å². The normalized spacial score (nSPS) is 18.8. The molecule has 130 valence electrons. The van der Waals surface area contributed by atoms with Gasteiger partial charge in [-0.3, -0.25) is 4.90 Å². The highest BCUT2D eigenvalue weighted by molar-refractivity contribution is 5.39. The molecule has 2 rings (SSSR count). The van der Waals surface area contributed by atoms with Crippen LogP contribution in [0.15, 0.2) is 0 Å². The first kappa shape index (κ1) is 17.6. The Balaban J connectivity index is 1.74. The van der Waals surface area contributed by atoms with Crippen molar-refractivity contribution >= 4 is 17.8 Å². The van der Waals surface area contributed by atoms with Crippen LogP contribution in [0.4, 0.5) is 17.8 Å². The monoisotopic (exact) mass is 324 g/mol. The molecule has 1 unspecified atom stereocenters. The van der Waals surface area contributed by atoms with E-state index in [4.69, 9.17) is 16.2 Å². The molecule has 0 bridgehead atoms. The van der Waals surface area contributed by atoms with Gasteiger partial charge in [-0.05, 0) is 26.3 Å². The third-order valence-corrected chi connectivity index (χ3v) is 3.73. The average molecular weight is 324 g/mol. The maximum Gasteiger partial charge on any atom is 0.229 e. The van der Waals surface area contributed by atoms with Gasteiger partial charge in [0.05, 0.1) is 13.2 Å². The summed E-state index contributed by atoms with van der Waals surface area (Å²) >= 11 is 0. The molecule has 0 amide bonds. The van der Waals surface area contributed by atoms with E-state index in [1.165, 1.54) is 0 Å². The van der Waals surface area contributed by atoms with Gasteiger partial charge in [0, 0.05) is 32.2 Å². The third-order valence-electron chi connectivity index (χ3n) is 3.73. The molecular weight excluding hydrogens is 296 g/mol. The van der Waals surface area contributed by atoms with Gasteiger partial charge in [0.2, 0.25) is 17.8 Å². The summed E-state index contributed by atoms with van der Waals surface area (Å²) in [7, 11) is 0. The molecule has 1 aliphatic heterocycles. The summed E-state index contributed by atoms with van der Waals surface area (Å²) in [5, 5.41) is 6.30. The van der Waals surface area contributed by atoms with Crippen LogP contribution in [-0.2, 0) is 4.74 Å². The van der Waals surface area contributed by atoms with Crippen molar-refractivity contribution in [2.45, 2.75) is 25.8 Å². The number of rotatable bonds is 9. The fourth-order valence-corrected chi connectivity index (χ4v) is 2.43. The molecule has 9 heteroatoms. The topological polar surface area (TPSA) is 127 Å². The van der Waals surface area contributed by atoms with Crippen LogP contribution in [0, 0.1) is 0 Å². The van der Waals surface area contributed by atoms with Crippen molar-refractivity contribution in [3.63, 3.8) is 0 Å². The van der Waals surface area contributed by atoms with Gasteiger partial charge >= 0.3 is 0 Å². The van der Waals surface area contributed by atoms with E-state index in [0.29, 0.717) is 31.0 Å². The van der Waals surface area contributed by atoms with Gasteiger partial charge in [-0.2, -0.15) is 15.0 Å². The number of aromatic nitrogens is 3. The second kappa shape index (κ2) is 9.43. The first-order valence-corrected chi connectivity index (χ1v) is 8.20. The van der Waals surface area contributed by atoms with Crippen LogP contribution in [0.2, 0.25) is 0 Å². The molecule has 0 aromatic carbocycles. The van der Waals surface area contributed by atoms with Crippen molar-refractivity contribution in [2.75, 3.05) is 62.3 Å². The molecule has 1 fully saturated rings. The van der Waals surface area contributed by atoms with E-state index < -0.39 is 0 Å². The fraction of sp³-hybridized carbons (Fsp3) is 0.786. The number of nitrogens with one attached hydrogen (secondary N) is 2. The Morgan fingerprint density at radius 1 is 1.17 bits per heavy atom. The highest BCUT2D eigenvalue weighted by Crippen LogP contribution is 2.08. The predicted octanol–water partition coefficient (Wildman–Crippen LogP) is -0.263. The Bertz CT molecular complexity index is 472. The number of nitrogens with two attached hydrogens (primary N) is 2. The first-order valence-electron chi connectivity index (χ1n) is 8.20. The summed E-state index contributed by atoms with van der Waals surface area (Å²) in [6.45, 7) is 7.98. The molecule has 23 heavy (non-hydrogen) atoms. The molecule has 1 atom stereocenters. The van der Waals surface area contributed by atoms with Gasteiger partial charge in [0.25, 0.3) is 0 Å². The van der Waals surface area contributed by atoms with Crippen LogP contribution in [-0.4, -0.2) is 71.8 Å². The third kappa shape index (κ3) is 6.12. The van der Waals surface area contributed by atoms with E-state index in [0.717, 1.165) is 45.7 Å². The minimum atomic E-state index is 0.208. The smallest absolute Gasteiger partial charge is 0.229 e. The quantitative estimate of drug-likeness (QED) is 0.454. The first-order chi connectivity index (χ1) is 11.2. The van der Waals surface area contributed by atoms with E-state index in [2.05, 4.69) is 37.4 Å². The average Bonchev–Trinajstić information content (AvgIpc) is 2.53. The maximum absolute atomic E-state index is 5.71. The van der Waals surface area contributed by atoms with Crippen molar-refractivity contribution in [2.24, 2.45) is 5.73 Å². The van der Waals surface area contributed by atoms with Gasteiger partial charge in [0.15, 0.2) is 0 Å². The van der Waals surface area contributed by atoms with Crippen molar-refractivity contribution in [3.05, 3.63) is 0 Å². The number of morpholine rings is 1. The Morgan fingerprint density at radius 3 is 2.52 bits per heavy atom. The molecule has 1 saturated heterocycles. The van der Waals surface area contributed by atoms with E-state index in [9.17, 15) is 0 Å². The molecule has 9 nitrogen and oxygen atoms in total. The van der Waals surface area contributed by atoms with E-state index in [-0.39, 0.29) is 5.95 Å². The fourth-order valence-electron chi connectivity index (χ4n) is 2.43. The van der Waals surface area contributed by atoms with Gasteiger partial charge in [-0.25, -0.2) is 0 Å². The molecule has 1 aliphatic rings. The Morgan fingerprint density at radius 2 is 1.87 bits per heavy atom. The SMILES string of the molecule is CC1COCCN1CCCNc1nc(N)nc(NCCCN)n1. The molecule has 0 aliphatic carbocycles. The molecule has 0 spiro atoms. The maximum atomic E-state index is 5.71. The molecule has 6 N–H and O–H groups in total. The zero-order valence-corrected chi connectivity index (χ0v) is 13.8. The van der Waals surface area contributed by atoms with Crippen molar-refractivity contribution in [1.82, 2.24) is 19.9 Å². The highest BCUT2D eigenvalue weighted by Gasteiger charge is 2.17. The van der Waals surface area contributed by atoms with Crippen molar-refractivity contribution < 1.29 is 4.74 Å². The van der Waals surface area contributed by atoms with Crippen molar-refractivity contribution in [1.29, 1.82) is 0 Å². The summed E-state index contributed by atoms with van der Waals surface area (Å²) < 4.78 is 5.44. The number of nitrogens with zero attached hydrogens (tertiary/aromatic N) is 4. The van der Waals surface area contributed by atoms with Crippen LogP contribution < -0.4 is 22.1 Å². The number of ether oxygens (including phenoxy) is 1. The lowest BCUT2D eigenvalue weighted by molar-refractivity contribution is -0.000251. The summed E-state index contributed by atoms with van der Waals surface area (Å²) in [4.78, 5) is 14.9. The summed E-state index contributed by atoms with van der Waals surface area (Å²) in [6.07, 6.45) is 1.86. The Kier molecular flexibility index (Phi) is 7.24. The predicted molar refractivity (Wildman–Crippen MR) is 91.4 cm³/mol. The number of nitrogen functional groups attached to an aromatic ring is 1. The molecule has 1 aromatic rings. The van der Waals surface area contributed by atoms with E-state index >= 15 is 0 Å². The van der Waals surface area contributed by atoms with Crippen LogP contribution in [0.1, 0.15) is 19.8 Å². The number of hydrogen-bond donors (Lipinski definition) is 4. The molecule has 1 aromatic heterocycles. The number of hydrogen-bond acceptors (Lipinski definition) is 9. The minimum absolute atomic E-state index is 0.208. The standard InChI is InChI=1S/C14H28N8O/c1-11-10-23-9-8-22(11)7-3-6-18-14-20-12(16)19-13(21-14)17-5-2-4-15/h11H,2-10,15H2,1H3,(H4,16,17,18,19,20,21). The lowest BCUT2D eigenvalue weighted by Crippen LogP contribution is -2.44. The molecule has 0 radical (unpaired) electrons. The molecular formula is C14H28N8O. The molecule has 2 heterocycles. The summed E-state index contributed by atoms with van der Waals surface area (Å²) in [6, 6.07) is 0.481. The number of anilines is 3. The Hall–Kier alpha value is -1.71. The lowest BCUT2D eigenvalue weighted by Gasteiger charge is -2.33. The molecule has 0 saturated carbocycles. The zero-order valence-electron chi connectivity index (χ0n) is 13.8. The van der Waals surface area contributed by atoms with Crippen LogP contribution in [0.5, 0.6) is 0 Å². The van der Waals surface area contributed by atoms with Crippen LogP contribution in [0.25, 0.3) is 0 Å². The lowest BCUT2D eigenvalue weighted by atomic mass is 10.2.